The van der Waals surface area contributed by atoms with Crippen LogP contribution in [0.3, 0.4) is 0 Å². The van der Waals surface area contributed by atoms with Crippen LogP contribution in [-0.2, 0) is 24.4 Å². The summed E-state index contributed by atoms with van der Waals surface area (Å²) in [7, 11) is 4.37. The molecule has 0 heterocycles. The number of halogens is 2. The van der Waals surface area contributed by atoms with Crippen molar-refractivity contribution in [2.45, 2.75) is 25.0 Å². The van der Waals surface area contributed by atoms with Crippen molar-refractivity contribution in [3.8, 4) is 0 Å². The molecule has 4 nitrogen and oxygen atoms in total. The van der Waals surface area contributed by atoms with Gasteiger partial charge in [0.05, 0.1) is 22.6 Å². The van der Waals surface area contributed by atoms with E-state index in [2.05, 4.69) is 0 Å². The van der Waals surface area contributed by atoms with Gasteiger partial charge < -0.3 is 14.2 Å². The van der Waals surface area contributed by atoms with E-state index < -0.39 is 17.7 Å². The molecule has 6 heteroatoms. The van der Waals surface area contributed by atoms with Crippen LogP contribution in [0.5, 0.6) is 0 Å². The third-order valence-electron chi connectivity index (χ3n) is 3.29. The zero-order chi connectivity index (χ0) is 15.3. The molecule has 1 aromatic rings. The number of rotatable bonds is 6. The number of methoxy groups -OCH3 is 3. The van der Waals surface area contributed by atoms with Gasteiger partial charge in [0.15, 0.2) is 6.29 Å². The Labute approximate surface area is 128 Å². The highest BCUT2D eigenvalue weighted by atomic mass is 35.5. The molecule has 0 aliphatic carbocycles. The summed E-state index contributed by atoms with van der Waals surface area (Å²) >= 11 is 11.9. The topological polar surface area (TPSA) is 44.8 Å². The number of benzene rings is 1. The summed E-state index contributed by atoms with van der Waals surface area (Å²) in [5.41, 5.74) is -0.252. The van der Waals surface area contributed by atoms with Crippen LogP contribution >= 0.6 is 23.2 Å². The summed E-state index contributed by atoms with van der Waals surface area (Å²) in [5, 5.41) is 0.809. The SMILES string of the molecule is COC(=O)C(C)(CC(OC)OC)c1ccc(Cl)c(Cl)c1. The lowest BCUT2D eigenvalue weighted by molar-refractivity contribution is -0.156. The van der Waals surface area contributed by atoms with Crippen LogP contribution in [0.2, 0.25) is 10.0 Å². The molecule has 1 atom stereocenters. The quantitative estimate of drug-likeness (QED) is 0.595. The highest BCUT2D eigenvalue weighted by Crippen LogP contribution is 2.35. The van der Waals surface area contributed by atoms with Crippen molar-refractivity contribution in [2.24, 2.45) is 0 Å². The Bertz CT molecular complexity index is 474. The van der Waals surface area contributed by atoms with E-state index in [9.17, 15) is 4.79 Å². The van der Waals surface area contributed by atoms with E-state index in [4.69, 9.17) is 37.4 Å². The van der Waals surface area contributed by atoms with Crippen LogP contribution in [0.4, 0.5) is 0 Å². The van der Waals surface area contributed by atoms with Gasteiger partial charge in [-0.3, -0.25) is 4.79 Å². The normalized spacial score (nSPS) is 14.2. The number of carbonyl (C=O) groups excluding carboxylic acids is 1. The third-order valence-corrected chi connectivity index (χ3v) is 4.03. The van der Waals surface area contributed by atoms with Crippen molar-refractivity contribution < 1.29 is 19.0 Å². The molecule has 112 valence electrons. The molecule has 0 aromatic heterocycles. The van der Waals surface area contributed by atoms with E-state index in [1.54, 1.807) is 25.1 Å². The molecule has 0 saturated carbocycles. The van der Waals surface area contributed by atoms with Gasteiger partial charge in [-0.1, -0.05) is 29.3 Å². The molecule has 0 spiro atoms. The predicted octanol–water partition coefficient (Wildman–Crippen LogP) is 3.43. The fourth-order valence-corrected chi connectivity index (χ4v) is 2.28. The Hall–Kier alpha value is -0.810. The molecule has 0 bridgehead atoms. The van der Waals surface area contributed by atoms with Crippen LogP contribution < -0.4 is 0 Å². The Morgan fingerprint density at radius 2 is 1.80 bits per heavy atom. The van der Waals surface area contributed by atoms with Gasteiger partial charge in [-0.2, -0.15) is 0 Å². The minimum absolute atomic E-state index is 0.296. The smallest absolute Gasteiger partial charge is 0.316 e. The van der Waals surface area contributed by atoms with Gasteiger partial charge in [0, 0.05) is 20.6 Å². The molecule has 0 radical (unpaired) electrons. The molecular formula is C14H18Cl2O4. The maximum Gasteiger partial charge on any atom is 0.316 e. The lowest BCUT2D eigenvalue weighted by Gasteiger charge is -2.30. The second-order valence-corrected chi connectivity index (χ2v) is 5.37. The minimum Gasteiger partial charge on any atom is -0.468 e. The van der Waals surface area contributed by atoms with Gasteiger partial charge in [-0.05, 0) is 24.6 Å². The number of hydrogen-bond acceptors (Lipinski definition) is 4. The minimum atomic E-state index is -0.945. The average molecular weight is 321 g/mol. The highest BCUT2D eigenvalue weighted by molar-refractivity contribution is 6.42. The molecular weight excluding hydrogens is 303 g/mol. The Morgan fingerprint density at radius 3 is 2.25 bits per heavy atom. The van der Waals surface area contributed by atoms with Crippen LogP contribution in [-0.4, -0.2) is 33.6 Å². The second-order valence-electron chi connectivity index (χ2n) is 4.56. The Balaban J connectivity index is 3.22. The summed E-state index contributed by atoms with van der Waals surface area (Å²) in [5.74, 6) is -0.394. The zero-order valence-electron chi connectivity index (χ0n) is 11.9. The van der Waals surface area contributed by atoms with Gasteiger partial charge in [0.1, 0.15) is 0 Å². The molecule has 0 aliphatic rings. The largest absolute Gasteiger partial charge is 0.468 e. The first-order valence-corrected chi connectivity index (χ1v) is 6.74. The molecule has 0 saturated heterocycles. The number of carbonyl (C=O) groups is 1. The number of hydrogen-bond donors (Lipinski definition) is 0. The summed E-state index contributed by atoms with van der Waals surface area (Å²) in [4.78, 5) is 12.2. The van der Waals surface area contributed by atoms with Gasteiger partial charge >= 0.3 is 5.97 Å². The van der Waals surface area contributed by atoms with E-state index >= 15 is 0 Å². The summed E-state index contributed by atoms with van der Waals surface area (Å²) < 4.78 is 15.3. The lowest BCUT2D eigenvalue weighted by atomic mass is 9.79. The molecule has 0 N–H and O–H groups in total. The standard InChI is InChI=1S/C14H18Cl2O4/c1-14(13(17)20-4,8-12(18-2)19-3)9-5-6-10(15)11(16)7-9/h5-7,12H,8H2,1-4H3. The van der Waals surface area contributed by atoms with Gasteiger partial charge in [-0.25, -0.2) is 0 Å². The van der Waals surface area contributed by atoms with E-state index in [0.29, 0.717) is 22.0 Å². The molecule has 20 heavy (non-hydrogen) atoms. The van der Waals surface area contributed by atoms with Crippen LogP contribution in [0.1, 0.15) is 18.9 Å². The fraction of sp³-hybridized carbons (Fsp3) is 0.500. The maximum absolute atomic E-state index is 12.2. The van der Waals surface area contributed by atoms with Crippen molar-refractivity contribution in [3.05, 3.63) is 33.8 Å². The average Bonchev–Trinajstić information content (AvgIpc) is 2.46. The van der Waals surface area contributed by atoms with Crippen molar-refractivity contribution in [1.29, 1.82) is 0 Å². The monoisotopic (exact) mass is 320 g/mol. The van der Waals surface area contributed by atoms with Crippen LogP contribution in [0.25, 0.3) is 0 Å². The number of ether oxygens (including phenoxy) is 3. The van der Waals surface area contributed by atoms with E-state index in [-0.39, 0.29) is 0 Å². The van der Waals surface area contributed by atoms with Crippen LogP contribution in [0, 0.1) is 0 Å². The third kappa shape index (κ3) is 3.64. The Morgan fingerprint density at radius 1 is 1.20 bits per heavy atom. The zero-order valence-corrected chi connectivity index (χ0v) is 13.4. The number of esters is 1. The first kappa shape index (κ1) is 17.2. The first-order valence-electron chi connectivity index (χ1n) is 5.98. The van der Waals surface area contributed by atoms with Crippen LogP contribution in [0.15, 0.2) is 18.2 Å². The first-order chi connectivity index (χ1) is 9.38. The molecule has 0 aliphatic heterocycles. The van der Waals surface area contributed by atoms with E-state index in [0.717, 1.165) is 0 Å². The van der Waals surface area contributed by atoms with E-state index in [1.807, 2.05) is 0 Å². The lowest BCUT2D eigenvalue weighted by Crippen LogP contribution is -2.38. The molecule has 1 aromatic carbocycles. The van der Waals surface area contributed by atoms with Crippen molar-refractivity contribution in [3.63, 3.8) is 0 Å². The fourth-order valence-electron chi connectivity index (χ4n) is 1.98. The summed E-state index contributed by atoms with van der Waals surface area (Å²) in [6.45, 7) is 1.75. The van der Waals surface area contributed by atoms with Gasteiger partial charge in [-0.15, -0.1) is 0 Å². The van der Waals surface area contributed by atoms with Crippen molar-refractivity contribution in [1.82, 2.24) is 0 Å². The summed E-state index contributed by atoms with van der Waals surface area (Å²) in [6, 6.07) is 5.05. The molecule has 0 fully saturated rings. The summed E-state index contributed by atoms with van der Waals surface area (Å²) in [6.07, 6.45) is -0.237. The predicted molar refractivity (Wildman–Crippen MR) is 78.3 cm³/mol. The van der Waals surface area contributed by atoms with Gasteiger partial charge in [0.2, 0.25) is 0 Å². The van der Waals surface area contributed by atoms with Gasteiger partial charge in [0.25, 0.3) is 0 Å². The molecule has 1 rings (SSSR count). The van der Waals surface area contributed by atoms with Crippen molar-refractivity contribution in [2.75, 3.05) is 21.3 Å². The van der Waals surface area contributed by atoms with Crippen molar-refractivity contribution >= 4 is 29.2 Å². The van der Waals surface area contributed by atoms with E-state index in [1.165, 1.54) is 21.3 Å². The maximum atomic E-state index is 12.2. The Kier molecular flexibility index (Phi) is 6.27. The second kappa shape index (κ2) is 7.27. The highest BCUT2D eigenvalue weighted by Gasteiger charge is 2.39. The molecule has 0 amide bonds. The molecule has 1 unspecified atom stereocenters.